The molecule has 2 fully saturated rings. The van der Waals surface area contributed by atoms with Gasteiger partial charge in [0.15, 0.2) is 0 Å². The molecule has 194 valence electrons. The highest BCUT2D eigenvalue weighted by Gasteiger charge is 2.59. The van der Waals surface area contributed by atoms with Crippen LogP contribution in [0, 0.1) is 5.82 Å². The van der Waals surface area contributed by atoms with Crippen molar-refractivity contribution in [2.75, 3.05) is 18.9 Å². The average Bonchev–Trinajstić information content (AvgIpc) is 3.47. The zero-order valence-electron chi connectivity index (χ0n) is 21.0. The van der Waals surface area contributed by atoms with Crippen LogP contribution in [0.15, 0.2) is 42.5 Å². The molecule has 0 bridgehead atoms. The van der Waals surface area contributed by atoms with E-state index in [9.17, 15) is 23.6 Å². The van der Waals surface area contributed by atoms with E-state index < -0.39 is 29.7 Å². The van der Waals surface area contributed by atoms with Crippen molar-refractivity contribution in [1.29, 1.82) is 0 Å². The Labute approximate surface area is 213 Å². The number of carbonyl (C=O) groups is 4. The molecule has 1 aliphatic carbocycles. The van der Waals surface area contributed by atoms with Crippen LogP contribution in [0.5, 0.6) is 0 Å². The van der Waals surface area contributed by atoms with E-state index in [1.54, 1.807) is 35.2 Å². The molecule has 0 aromatic heterocycles. The van der Waals surface area contributed by atoms with Crippen molar-refractivity contribution in [3.63, 3.8) is 0 Å². The number of imide groups is 1. The third-order valence-electron chi connectivity index (χ3n) is 7.89. The topological polar surface area (TPSA) is 108 Å². The van der Waals surface area contributed by atoms with Crippen molar-refractivity contribution in [3.05, 3.63) is 65.0 Å². The van der Waals surface area contributed by atoms with Crippen molar-refractivity contribution in [1.82, 2.24) is 15.1 Å². The summed E-state index contributed by atoms with van der Waals surface area (Å²) in [5.41, 5.74) is 0.540. The van der Waals surface area contributed by atoms with E-state index in [-0.39, 0.29) is 30.2 Å². The van der Waals surface area contributed by atoms with Gasteiger partial charge in [0.05, 0.1) is 5.54 Å². The van der Waals surface area contributed by atoms with Gasteiger partial charge in [-0.2, -0.15) is 0 Å². The molecule has 2 saturated heterocycles. The fourth-order valence-electron chi connectivity index (χ4n) is 5.98. The number of ether oxygens (including phenoxy) is 1. The lowest BCUT2D eigenvalue weighted by molar-refractivity contribution is -0.144. The first kappa shape index (κ1) is 24.7. The summed E-state index contributed by atoms with van der Waals surface area (Å²) in [6.45, 7) is 3.41. The fourth-order valence-corrected chi connectivity index (χ4v) is 5.98. The maximum absolute atomic E-state index is 13.6. The van der Waals surface area contributed by atoms with Crippen molar-refractivity contribution >= 4 is 29.6 Å². The van der Waals surface area contributed by atoms with Gasteiger partial charge in [0, 0.05) is 30.8 Å². The highest BCUT2D eigenvalue weighted by atomic mass is 19.1. The Balaban J connectivity index is 1.38. The number of rotatable bonds is 4. The molecule has 0 radical (unpaired) electrons. The summed E-state index contributed by atoms with van der Waals surface area (Å²) in [6, 6.07) is 10.7. The number of nitrogens with one attached hydrogen (secondary N) is 2. The van der Waals surface area contributed by atoms with Crippen LogP contribution >= 0.6 is 0 Å². The monoisotopic (exact) mass is 508 g/mol. The Morgan fingerprint density at radius 3 is 2.57 bits per heavy atom. The van der Waals surface area contributed by atoms with E-state index in [0.717, 1.165) is 22.4 Å². The van der Waals surface area contributed by atoms with Crippen molar-refractivity contribution in [3.8, 4) is 0 Å². The first-order chi connectivity index (χ1) is 17.6. The lowest BCUT2D eigenvalue weighted by Crippen LogP contribution is -2.51. The van der Waals surface area contributed by atoms with Crippen LogP contribution in [0.1, 0.15) is 49.8 Å². The first-order valence-electron chi connectivity index (χ1n) is 12.3. The number of carbonyl (C=O) groups excluding carboxylic acids is 4. The fraction of sp³-hybridized carbons (Fsp3) is 0.407. The second-order valence-electron chi connectivity index (χ2n) is 10.1. The summed E-state index contributed by atoms with van der Waals surface area (Å²) in [5, 5.41) is 5.17. The van der Waals surface area contributed by atoms with Gasteiger partial charge >= 0.3 is 12.1 Å². The van der Waals surface area contributed by atoms with Crippen LogP contribution in [0.2, 0.25) is 0 Å². The van der Waals surface area contributed by atoms with E-state index >= 15 is 0 Å². The predicted octanol–water partition coefficient (Wildman–Crippen LogP) is 3.62. The van der Waals surface area contributed by atoms with Gasteiger partial charge in [-0.1, -0.05) is 18.2 Å². The molecule has 1 spiro atoms. The molecule has 2 aromatic carbocycles. The van der Waals surface area contributed by atoms with Gasteiger partial charge in [-0.05, 0) is 68.5 Å². The molecule has 5 rings (SSSR count). The van der Waals surface area contributed by atoms with Crippen LogP contribution in [-0.4, -0.2) is 53.4 Å². The number of urea groups is 1. The number of anilines is 1. The normalized spacial score (nSPS) is 26.4. The zero-order valence-corrected chi connectivity index (χ0v) is 21.0. The molecule has 3 atom stereocenters. The Morgan fingerprint density at radius 2 is 1.86 bits per heavy atom. The third-order valence-corrected chi connectivity index (χ3v) is 7.89. The molecule has 0 unspecified atom stereocenters. The van der Waals surface area contributed by atoms with E-state index in [0.29, 0.717) is 24.1 Å². The average molecular weight is 509 g/mol. The van der Waals surface area contributed by atoms with Crippen LogP contribution in [0.25, 0.3) is 0 Å². The van der Waals surface area contributed by atoms with Crippen LogP contribution in [-0.2, 0) is 31.9 Å². The molecule has 0 saturated carbocycles. The molecule has 10 heteroatoms. The molecule has 5 amide bonds. The lowest BCUT2D eigenvalue weighted by Gasteiger charge is -2.39. The number of fused-ring (bicyclic) bond motifs is 2. The van der Waals surface area contributed by atoms with E-state index in [1.165, 1.54) is 19.2 Å². The number of aryl methyl sites for hydroxylation is 1. The third kappa shape index (κ3) is 3.91. The maximum Gasteiger partial charge on any atom is 0.418 e. The molecule has 2 N–H and O–H groups in total. The Bertz CT molecular complexity index is 1300. The number of likely N-dealkylation sites (tertiary alicyclic amines) is 1. The van der Waals surface area contributed by atoms with Crippen molar-refractivity contribution in [2.45, 2.75) is 56.7 Å². The smallest absolute Gasteiger partial charge is 0.418 e. The van der Waals surface area contributed by atoms with Gasteiger partial charge < -0.3 is 20.3 Å². The van der Waals surface area contributed by atoms with Gasteiger partial charge in [-0.15, -0.1) is 0 Å². The molecule has 2 aliphatic heterocycles. The maximum atomic E-state index is 13.6. The lowest BCUT2D eigenvalue weighted by atomic mass is 9.89. The highest BCUT2D eigenvalue weighted by molar-refractivity contribution is 6.06. The number of hydrogen-bond acceptors (Lipinski definition) is 5. The standard InChI is InChI=1S/C27H29FN4O5/c1-16-10-12-26(2,18-4-6-19(28)7-5-18)32(16)22(33)15-31-23(34)27(37-25(31)36)13-11-17-14-20(8-9-21(17)27)30-24(35)29-3/h4-9,14,16H,10-13,15H2,1-3H3,(H2,29,30,35)/t16-,26+,27+/m0/s1. The van der Waals surface area contributed by atoms with Crippen molar-refractivity contribution < 1.29 is 28.3 Å². The summed E-state index contributed by atoms with van der Waals surface area (Å²) in [5.74, 6) is -1.30. The number of amides is 5. The molecule has 2 heterocycles. The molecule has 2 aromatic rings. The minimum atomic E-state index is -1.48. The van der Waals surface area contributed by atoms with Crippen LogP contribution in [0.3, 0.4) is 0 Å². The largest absolute Gasteiger partial charge is 0.427 e. The number of hydrogen-bond donors (Lipinski definition) is 2. The second-order valence-corrected chi connectivity index (χ2v) is 10.1. The van der Waals surface area contributed by atoms with Crippen LogP contribution in [0.4, 0.5) is 19.7 Å². The highest BCUT2D eigenvalue weighted by Crippen LogP contribution is 2.47. The summed E-state index contributed by atoms with van der Waals surface area (Å²) in [7, 11) is 1.51. The van der Waals surface area contributed by atoms with Gasteiger partial charge in [-0.3, -0.25) is 9.59 Å². The second kappa shape index (κ2) is 8.86. The Kier molecular flexibility index (Phi) is 5.92. The first-order valence-corrected chi connectivity index (χ1v) is 12.3. The molecule has 37 heavy (non-hydrogen) atoms. The van der Waals surface area contributed by atoms with Crippen molar-refractivity contribution in [2.24, 2.45) is 0 Å². The van der Waals surface area contributed by atoms with Gasteiger partial charge in [0.2, 0.25) is 11.5 Å². The van der Waals surface area contributed by atoms with E-state index in [4.69, 9.17) is 4.74 Å². The quantitative estimate of drug-likeness (QED) is 0.656. The number of benzene rings is 2. The molecule has 9 nitrogen and oxygen atoms in total. The minimum Gasteiger partial charge on any atom is -0.427 e. The van der Waals surface area contributed by atoms with E-state index in [1.807, 2.05) is 13.8 Å². The molecular weight excluding hydrogens is 479 g/mol. The predicted molar refractivity (Wildman–Crippen MR) is 132 cm³/mol. The summed E-state index contributed by atoms with van der Waals surface area (Å²) in [6.07, 6.45) is 1.30. The Morgan fingerprint density at radius 1 is 1.14 bits per heavy atom. The van der Waals surface area contributed by atoms with Crippen LogP contribution < -0.4 is 10.6 Å². The Hall–Kier alpha value is -3.95. The van der Waals surface area contributed by atoms with Gasteiger partial charge in [-0.25, -0.2) is 18.9 Å². The van der Waals surface area contributed by atoms with E-state index in [2.05, 4.69) is 10.6 Å². The SMILES string of the molecule is CNC(=O)Nc1ccc2c(c1)CC[C@@]21OC(=O)N(CC(=O)N2[C@@H](C)CC[C@]2(C)c2ccc(F)cc2)C1=O. The molecular formula is C27H29FN4O5. The zero-order chi connectivity index (χ0) is 26.5. The number of halogens is 1. The summed E-state index contributed by atoms with van der Waals surface area (Å²) >= 11 is 0. The molecule has 3 aliphatic rings. The number of nitrogens with zero attached hydrogens (tertiary/aromatic N) is 2. The van der Waals surface area contributed by atoms with Gasteiger partial charge in [0.1, 0.15) is 12.4 Å². The summed E-state index contributed by atoms with van der Waals surface area (Å²) in [4.78, 5) is 54.3. The summed E-state index contributed by atoms with van der Waals surface area (Å²) < 4.78 is 19.2. The van der Waals surface area contributed by atoms with Gasteiger partial charge in [0.25, 0.3) is 5.91 Å². The minimum absolute atomic E-state index is 0.122.